The summed E-state index contributed by atoms with van der Waals surface area (Å²) in [6.07, 6.45) is 2.65. The fourth-order valence-electron chi connectivity index (χ4n) is 3.70. The molecule has 2 heterocycles. The monoisotopic (exact) mass is 466 g/mol. The first kappa shape index (κ1) is 21.7. The van der Waals surface area contributed by atoms with Gasteiger partial charge < -0.3 is 16.0 Å². The number of urea groups is 1. The Morgan fingerprint density at radius 3 is 2.47 bits per heavy atom. The number of amides is 2. The lowest BCUT2D eigenvalue weighted by Crippen LogP contribution is -2.21. The first-order chi connectivity index (χ1) is 16.3. The SMILES string of the molecule is Cn1ncc2c(-c3ccc(NC(=O)Nc4cc(C(F)(F)F)ccc4NC4CC4)cc3)cncc21. The van der Waals surface area contributed by atoms with Crippen molar-refractivity contribution in [2.24, 2.45) is 7.05 Å². The number of benzene rings is 2. The zero-order chi connectivity index (χ0) is 23.9. The van der Waals surface area contributed by atoms with Gasteiger partial charge in [-0.05, 0) is 48.7 Å². The number of aryl methyl sites for hydroxylation is 1. The molecule has 10 heteroatoms. The van der Waals surface area contributed by atoms with E-state index in [2.05, 4.69) is 26.0 Å². The van der Waals surface area contributed by atoms with Gasteiger partial charge in [0.05, 0.1) is 34.8 Å². The second-order valence-corrected chi connectivity index (χ2v) is 8.22. The summed E-state index contributed by atoms with van der Waals surface area (Å²) in [4.78, 5) is 16.8. The summed E-state index contributed by atoms with van der Waals surface area (Å²) in [5, 5.41) is 13.6. The van der Waals surface area contributed by atoms with Crippen LogP contribution < -0.4 is 16.0 Å². The third kappa shape index (κ3) is 4.52. The van der Waals surface area contributed by atoms with Gasteiger partial charge in [-0.2, -0.15) is 18.3 Å². The van der Waals surface area contributed by atoms with Gasteiger partial charge >= 0.3 is 12.2 Å². The second kappa shape index (κ2) is 8.36. The summed E-state index contributed by atoms with van der Waals surface area (Å²) >= 11 is 0. The molecule has 3 N–H and O–H groups in total. The molecule has 0 saturated heterocycles. The van der Waals surface area contributed by atoms with Crippen molar-refractivity contribution in [1.29, 1.82) is 0 Å². The molecule has 0 aliphatic heterocycles. The van der Waals surface area contributed by atoms with Crippen LogP contribution in [0.15, 0.2) is 61.1 Å². The third-order valence-electron chi connectivity index (χ3n) is 5.66. The van der Waals surface area contributed by atoms with Crippen molar-refractivity contribution < 1.29 is 18.0 Å². The lowest BCUT2D eigenvalue weighted by molar-refractivity contribution is -0.137. The van der Waals surface area contributed by atoms with Gasteiger partial charge in [-0.1, -0.05) is 12.1 Å². The zero-order valence-electron chi connectivity index (χ0n) is 18.1. The molecule has 0 atom stereocenters. The van der Waals surface area contributed by atoms with Crippen LogP contribution in [0.5, 0.6) is 0 Å². The average Bonchev–Trinajstić information content (AvgIpc) is 3.54. The van der Waals surface area contributed by atoms with Crippen LogP contribution in [0.3, 0.4) is 0 Å². The average molecular weight is 466 g/mol. The third-order valence-corrected chi connectivity index (χ3v) is 5.66. The van der Waals surface area contributed by atoms with E-state index in [-0.39, 0.29) is 11.7 Å². The lowest BCUT2D eigenvalue weighted by Gasteiger charge is -2.16. The molecule has 2 aromatic heterocycles. The molecule has 5 rings (SSSR count). The Hall–Kier alpha value is -4.08. The standard InChI is InChI=1S/C24H21F3N6O/c1-33-22-13-28-11-18(19(22)12-29-33)14-2-5-17(6-3-14)31-23(34)32-21-10-15(24(25,26)27)4-9-20(21)30-16-7-8-16/h2-6,9-13,16,30H,7-8H2,1H3,(H2,31,32,34). The van der Waals surface area contributed by atoms with E-state index in [1.54, 1.807) is 35.4 Å². The maximum absolute atomic E-state index is 13.2. The Balaban J connectivity index is 1.33. The zero-order valence-corrected chi connectivity index (χ0v) is 18.1. The largest absolute Gasteiger partial charge is 0.416 e. The molecule has 0 bridgehead atoms. The van der Waals surface area contributed by atoms with Gasteiger partial charge in [-0.25, -0.2) is 4.79 Å². The quantitative estimate of drug-likeness (QED) is 0.343. The van der Waals surface area contributed by atoms with Crippen molar-refractivity contribution in [3.05, 3.63) is 66.6 Å². The lowest BCUT2D eigenvalue weighted by atomic mass is 10.0. The highest BCUT2D eigenvalue weighted by atomic mass is 19.4. The molecule has 174 valence electrons. The Morgan fingerprint density at radius 2 is 1.76 bits per heavy atom. The van der Waals surface area contributed by atoms with Crippen LogP contribution in [-0.4, -0.2) is 26.8 Å². The fraction of sp³-hybridized carbons (Fsp3) is 0.208. The number of pyridine rings is 1. The highest BCUT2D eigenvalue weighted by Gasteiger charge is 2.32. The van der Waals surface area contributed by atoms with Crippen molar-refractivity contribution in [3.8, 4) is 11.1 Å². The molecular weight excluding hydrogens is 445 g/mol. The van der Waals surface area contributed by atoms with E-state index in [0.29, 0.717) is 11.4 Å². The van der Waals surface area contributed by atoms with Crippen molar-refractivity contribution in [2.75, 3.05) is 16.0 Å². The molecule has 1 saturated carbocycles. The van der Waals surface area contributed by atoms with Gasteiger partial charge in [0.25, 0.3) is 0 Å². The molecule has 1 aliphatic carbocycles. The Bertz CT molecular complexity index is 1360. The van der Waals surface area contributed by atoms with E-state index in [0.717, 1.165) is 47.0 Å². The number of halogens is 3. The number of nitrogens with zero attached hydrogens (tertiary/aromatic N) is 3. The Morgan fingerprint density at radius 1 is 1.00 bits per heavy atom. The van der Waals surface area contributed by atoms with Crippen LogP contribution in [0.25, 0.3) is 22.0 Å². The molecule has 4 aromatic rings. The fourth-order valence-corrected chi connectivity index (χ4v) is 3.70. The van der Waals surface area contributed by atoms with Crippen molar-refractivity contribution in [2.45, 2.75) is 25.1 Å². The van der Waals surface area contributed by atoms with E-state index >= 15 is 0 Å². The minimum atomic E-state index is -4.51. The number of aromatic nitrogens is 3. The van der Waals surface area contributed by atoms with Gasteiger partial charge in [-0.15, -0.1) is 0 Å². The van der Waals surface area contributed by atoms with Crippen LogP contribution in [0.1, 0.15) is 18.4 Å². The summed E-state index contributed by atoms with van der Waals surface area (Å²) in [7, 11) is 1.84. The van der Waals surface area contributed by atoms with E-state index in [1.807, 2.05) is 19.2 Å². The van der Waals surface area contributed by atoms with E-state index in [9.17, 15) is 18.0 Å². The Labute approximate surface area is 193 Å². The molecule has 1 fully saturated rings. The number of carbonyl (C=O) groups excluding carboxylic acids is 1. The highest BCUT2D eigenvalue weighted by molar-refractivity contribution is 6.02. The van der Waals surface area contributed by atoms with Crippen molar-refractivity contribution in [3.63, 3.8) is 0 Å². The minimum absolute atomic E-state index is 0.0742. The van der Waals surface area contributed by atoms with Crippen molar-refractivity contribution >= 4 is 34.0 Å². The van der Waals surface area contributed by atoms with Gasteiger partial charge in [-0.3, -0.25) is 9.67 Å². The predicted octanol–water partition coefficient (Wildman–Crippen LogP) is 5.87. The molecular formula is C24H21F3N6O. The predicted molar refractivity (Wildman–Crippen MR) is 125 cm³/mol. The van der Waals surface area contributed by atoms with Gasteiger partial charge in [0, 0.05) is 35.9 Å². The first-order valence-electron chi connectivity index (χ1n) is 10.7. The molecule has 0 spiro atoms. The summed E-state index contributed by atoms with van der Waals surface area (Å²) in [5.74, 6) is 0. The molecule has 7 nitrogen and oxygen atoms in total. The van der Waals surface area contributed by atoms with E-state index < -0.39 is 17.8 Å². The summed E-state index contributed by atoms with van der Waals surface area (Å²) in [6, 6.07) is 9.98. The number of hydrogen-bond acceptors (Lipinski definition) is 4. The van der Waals surface area contributed by atoms with E-state index in [4.69, 9.17) is 0 Å². The smallest absolute Gasteiger partial charge is 0.381 e. The summed E-state index contributed by atoms with van der Waals surface area (Å²) < 4.78 is 41.3. The number of rotatable bonds is 5. The molecule has 0 unspecified atom stereocenters. The molecule has 34 heavy (non-hydrogen) atoms. The number of anilines is 3. The normalized spacial score (nSPS) is 13.6. The van der Waals surface area contributed by atoms with Crippen LogP contribution in [0, 0.1) is 0 Å². The number of fused-ring (bicyclic) bond motifs is 1. The van der Waals surface area contributed by atoms with Crippen LogP contribution >= 0.6 is 0 Å². The summed E-state index contributed by atoms with van der Waals surface area (Å²) in [6.45, 7) is 0. The molecule has 1 aliphatic rings. The van der Waals surface area contributed by atoms with Crippen LogP contribution in [-0.2, 0) is 13.2 Å². The maximum Gasteiger partial charge on any atom is 0.416 e. The number of carbonyl (C=O) groups is 1. The topological polar surface area (TPSA) is 83.9 Å². The van der Waals surface area contributed by atoms with Gasteiger partial charge in [0.15, 0.2) is 0 Å². The number of nitrogens with one attached hydrogen (secondary N) is 3. The summed E-state index contributed by atoms with van der Waals surface area (Å²) in [5.41, 5.74) is 2.90. The second-order valence-electron chi connectivity index (χ2n) is 8.22. The van der Waals surface area contributed by atoms with Crippen LogP contribution in [0.4, 0.5) is 35.0 Å². The molecule has 0 radical (unpaired) electrons. The van der Waals surface area contributed by atoms with Gasteiger partial charge in [0.1, 0.15) is 0 Å². The Kier molecular flexibility index (Phi) is 5.35. The number of alkyl halides is 3. The number of hydrogen-bond donors (Lipinski definition) is 3. The van der Waals surface area contributed by atoms with Crippen LogP contribution in [0.2, 0.25) is 0 Å². The maximum atomic E-state index is 13.2. The molecule has 2 amide bonds. The molecule has 2 aromatic carbocycles. The highest BCUT2D eigenvalue weighted by Crippen LogP contribution is 2.36. The van der Waals surface area contributed by atoms with Crippen molar-refractivity contribution in [1.82, 2.24) is 14.8 Å². The first-order valence-corrected chi connectivity index (χ1v) is 10.7. The minimum Gasteiger partial charge on any atom is -0.381 e. The van der Waals surface area contributed by atoms with Gasteiger partial charge in [0.2, 0.25) is 0 Å². The van der Waals surface area contributed by atoms with E-state index in [1.165, 1.54) is 6.07 Å².